The molecule has 3 heterocycles. The molecule has 0 bridgehead atoms. The number of rotatable bonds is 2. The molecular formula is C18H18N3O2+. The highest BCUT2D eigenvalue weighted by atomic mass is 16.3. The highest BCUT2D eigenvalue weighted by molar-refractivity contribution is 5.96. The van der Waals surface area contributed by atoms with Crippen LogP contribution in [0.15, 0.2) is 59.1 Å². The summed E-state index contributed by atoms with van der Waals surface area (Å²) in [6.07, 6.45) is 1.92. The Morgan fingerprint density at radius 2 is 1.78 bits per heavy atom. The van der Waals surface area contributed by atoms with Crippen molar-refractivity contribution in [1.29, 1.82) is 0 Å². The quantitative estimate of drug-likeness (QED) is 0.729. The van der Waals surface area contributed by atoms with Crippen LogP contribution in [0.2, 0.25) is 0 Å². The third-order valence-electron chi connectivity index (χ3n) is 4.24. The minimum absolute atomic E-state index is 0.0297. The second-order valence-electron chi connectivity index (χ2n) is 5.68. The molecule has 1 N–H and O–H groups in total. The highest BCUT2D eigenvalue weighted by Crippen LogP contribution is 2.21. The summed E-state index contributed by atoms with van der Waals surface area (Å²) in [5.74, 6) is 1.48. The van der Waals surface area contributed by atoms with Gasteiger partial charge in [-0.15, -0.1) is 0 Å². The highest BCUT2D eigenvalue weighted by Gasteiger charge is 2.28. The zero-order chi connectivity index (χ0) is 15.6. The molecule has 4 rings (SSSR count). The molecule has 0 aliphatic carbocycles. The molecule has 5 heteroatoms. The molecule has 1 aromatic carbocycles. The van der Waals surface area contributed by atoms with Crippen LogP contribution < -0.4 is 9.88 Å². The van der Waals surface area contributed by atoms with Crippen LogP contribution in [0.3, 0.4) is 0 Å². The number of piperazine rings is 1. The second kappa shape index (κ2) is 5.76. The molecule has 0 unspecified atom stereocenters. The summed E-state index contributed by atoms with van der Waals surface area (Å²) in [6, 6.07) is 15.6. The molecule has 116 valence electrons. The van der Waals surface area contributed by atoms with Crippen molar-refractivity contribution in [2.75, 3.05) is 31.1 Å². The van der Waals surface area contributed by atoms with Gasteiger partial charge in [-0.05, 0) is 18.2 Å². The number of H-pyrrole nitrogens is 1. The van der Waals surface area contributed by atoms with Crippen LogP contribution in [0.1, 0.15) is 10.6 Å². The van der Waals surface area contributed by atoms with Crippen molar-refractivity contribution in [2.24, 2.45) is 0 Å². The maximum atomic E-state index is 12.6. The Hall–Kier alpha value is -2.82. The van der Waals surface area contributed by atoms with Crippen LogP contribution >= 0.6 is 0 Å². The number of furan rings is 1. The summed E-state index contributed by atoms with van der Waals surface area (Å²) in [4.78, 5) is 20.0. The number of carbonyl (C=O) groups is 1. The van der Waals surface area contributed by atoms with E-state index >= 15 is 0 Å². The van der Waals surface area contributed by atoms with Crippen LogP contribution in [0.25, 0.3) is 11.0 Å². The summed E-state index contributed by atoms with van der Waals surface area (Å²) < 4.78 is 5.68. The molecule has 1 aliphatic rings. The van der Waals surface area contributed by atoms with E-state index in [0.717, 1.165) is 29.9 Å². The predicted octanol–water partition coefficient (Wildman–Crippen LogP) is 2.21. The Morgan fingerprint density at radius 3 is 2.52 bits per heavy atom. The second-order valence-corrected chi connectivity index (χ2v) is 5.68. The topological polar surface area (TPSA) is 50.8 Å². The van der Waals surface area contributed by atoms with Gasteiger partial charge >= 0.3 is 0 Å². The van der Waals surface area contributed by atoms with Crippen molar-refractivity contribution in [3.63, 3.8) is 0 Å². The third kappa shape index (κ3) is 2.65. The van der Waals surface area contributed by atoms with Crippen molar-refractivity contribution in [2.45, 2.75) is 0 Å². The number of para-hydroxylation sites is 1. The molecule has 0 spiro atoms. The molecule has 2 aromatic heterocycles. The van der Waals surface area contributed by atoms with Crippen molar-refractivity contribution < 1.29 is 14.2 Å². The number of aromatic nitrogens is 1. The number of amides is 1. The first-order valence-electron chi connectivity index (χ1n) is 7.81. The first kappa shape index (κ1) is 13.8. The minimum Gasteiger partial charge on any atom is -0.451 e. The van der Waals surface area contributed by atoms with Gasteiger partial charge in [0, 0.05) is 11.5 Å². The number of aromatic amines is 1. The molecule has 1 fully saturated rings. The van der Waals surface area contributed by atoms with Gasteiger partial charge in [-0.3, -0.25) is 9.69 Å². The molecular weight excluding hydrogens is 290 g/mol. The SMILES string of the molecule is O=C(c1cc2ccccc2o1)N1CCN(c2cccc[nH+]2)CC1. The summed E-state index contributed by atoms with van der Waals surface area (Å²) in [5.41, 5.74) is 0.758. The van der Waals surface area contributed by atoms with E-state index in [2.05, 4.69) is 16.0 Å². The smallest absolute Gasteiger partial charge is 0.289 e. The molecule has 1 amide bonds. The van der Waals surface area contributed by atoms with Crippen LogP contribution in [0.5, 0.6) is 0 Å². The van der Waals surface area contributed by atoms with Crippen LogP contribution in [0, 0.1) is 0 Å². The van der Waals surface area contributed by atoms with Crippen molar-refractivity contribution >= 4 is 22.7 Å². The van der Waals surface area contributed by atoms with E-state index in [4.69, 9.17) is 4.42 Å². The van der Waals surface area contributed by atoms with Gasteiger partial charge in [0.05, 0.1) is 19.3 Å². The van der Waals surface area contributed by atoms with Crippen molar-refractivity contribution in [1.82, 2.24) is 4.90 Å². The maximum absolute atomic E-state index is 12.6. The fraction of sp³-hybridized carbons (Fsp3) is 0.222. The zero-order valence-electron chi connectivity index (χ0n) is 12.7. The standard InChI is InChI=1S/C18H17N3O2/c22-18(16-13-14-5-1-2-6-15(14)23-16)21-11-9-20(10-12-21)17-7-3-4-8-19-17/h1-8,13H,9-12H2/p+1. The molecule has 5 nitrogen and oxygen atoms in total. The first-order chi connectivity index (χ1) is 11.3. The Morgan fingerprint density at radius 1 is 1.00 bits per heavy atom. The van der Waals surface area contributed by atoms with E-state index in [1.807, 2.05) is 53.6 Å². The van der Waals surface area contributed by atoms with Gasteiger partial charge in [0.2, 0.25) is 0 Å². The van der Waals surface area contributed by atoms with Crippen molar-refractivity contribution in [3.8, 4) is 0 Å². The van der Waals surface area contributed by atoms with E-state index < -0.39 is 0 Å². The summed E-state index contributed by atoms with van der Waals surface area (Å²) >= 11 is 0. The average Bonchev–Trinajstić information content (AvgIpc) is 3.06. The Bertz CT molecular complexity index is 787. The number of benzene rings is 1. The lowest BCUT2D eigenvalue weighted by Crippen LogP contribution is -2.49. The Labute approximate surface area is 134 Å². The van der Waals surface area contributed by atoms with Crippen LogP contribution in [0.4, 0.5) is 5.82 Å². The lowest BCUT2D eigenvalue weighted by molar-refractivity contribution is -0.364. The first-order valence-corrected chi connectivity index (χ1v) is 7.81. The lowest BCUT2D eigenvalue weighted by Gasteiger charge is -2.30. The fourth-order valence-electron chi connectivity index (χ4n) is 2.97. The Balaban J connectivity index is 1.46. The van der Waals surface area contributed by atoms with Crippen molar-refractivity contribution in [3.05, 3.63) is 60.5 Å². The van der Waals surface area contributed by atoms with Gasteiger partial charge in [0.1, 0.15) is 18.7 Å². The van der Waals surface area contributed by atoms with Gasteiger partial charge in [0.15, 0.2) is 5.76 Å². The largest absolute Gasteiger partial charge is 0.451 e. The number of hydrogen-bond donors (Lipinski definition) is 0. The lowest BCUT2D eigenvalue weighted by atomic mass is 10.2. The fourth-order valence-corrected chi connectivity index (χ4v) is 2.97. The summed E-state index contributed by atoms with van der Waals surface area (Å²) in [5, 5.41) is 0.966. The summed E-state index contributed by atoms with van der Waals surface area (Å²) in [6.45, 7) is 3.01. The average molecular weight is 308 g/mol. The molecule has 23 heavy (non-hydrogen) atoms. The van der Waals surface area contributed by atoms with Gasteiger partial charge in [0.25, 0.3) is 11.7 Å². The van der Waals surface area contributed by atoms with E-state index in [-0.39, 0.29) is 5.91 Å². The van der Waals surface area contributed by atoms with Gasteiger partial charge < -0.3 is 9.32 Å². The number of hydrogen-bond acceptors (Lipinski definition) is 3. The zero-order valence-corrected chi connectivity index (χ0v) is 12.7. The number of anilines is 1. The van der Waals surface area contributed by atoms with Gasteiger partial charge in [-0.25, -0.2) is 4.98 Å². The van der Waals surface area contributed by atoms with E-state index in [9.17, 15) is 4.79 Å². The minimum atomic E-state index is -0.0297. The van der Waals surface area contributed by atoms with Crippen LogP contribution in [-0.2, 0) is 0 Å². The molecule has 3 aromatic rings. The van der Waals surface area contributed by atoms with Gasteiger partial charge in [-0.1, -0.05) is 24.3 Å². The molecule has 0 atom stereocenters. The van der Waals surface area contributed by atoms with Crippen LogP contribution in [-0.4, -0.2) is 37.0 Å². The molecule has 0 saturated carbocycles. The maximum Gasteiger partial charge on any atom is 0.289 e. The number of carbonyl (C=O) groups excluding carboxylic acids is 1. The Kier molecular flexibility index (Phi) is 3.46. The predicted molar refractivity (Wildman–Crippen MR) is 87.3 cm³/mol. The number of nitrogens with one attached hydrogen (secondary N) is 1. The monoisotopic (exact) mass is 308 g/mol. The molecule has 0 radical (unpaired) electrons. The molecule has 1 saturated heterocycles. The van der Waals surface area contributed by atoms with E-state index in [0.29, 0.717) is 18.8 Å². The van der Waals surface area contributed by atoms with Gasteiger partial charge in [-0.2, -0.15) is 0 Å². The normalized spacial score (nSPS) is 15.1. The molecule has 1 aliphatic heterocycles. The summed E-state index contributed by atoms with van der Waals surface area (Å²) in [7, 11) is 0. The van der Waals surface area contributed by atoms with E-state index in [1.165, 1.54) is 0 Å². The number of nitrogens with zero attached hydrogens (tertiary/aromatic N) is 2. The third-order valence-corrected chi connectivity index (χ3v) is 4.24. The van der Waals surface area contributed by atoms with E-state index in [1.54, 1.807) is 0 Å². The number of pyridine rings is 1. The number of fused-ring (bicyclic) bond motifs is 1.